The summed E-state index contributed by atoms with van der Waals surface area (Å²) < 4.78 is 12.7. The Labute approximate surface area is 403 Å². The largest absolute Gasteiger partial charge is 0.454 e. The number of nitrogens with one attached hydrogen (secondary N) is 1. The van der Waals surface area contributed by atoms with Crippen molar-refractivity contribution >= 4 is 43.5 Å². The second-order valence-electron chi connectivity index (χ2n) is 20.1. The molecule has 67 heavy (non-hydrogen) atoms. The van der Waals surface area contributed by atoms with E-state index >= 15 is 0 Å². The molecule has 0 unspecified atom stereocenters. The van der Waals surface area contributed by atoms with Crippen molar-refractivity contribution in [3.63, 3.8) is 0 Å². The fourth-order valence-electron chi connectivity index (χ4n) is 7.81. The van der Waals surface area contributed by atoms with Gasteiger partial charge >= 0.3 is 0 Å². The van der Waals surface area contributed by atoms with Crippen LogP contribution in [0.25, 0.3) is 43.5 Å². The van der Waals surface area contributed by atoms with Crippen LogP contribution in [0.4, 0.5) is 0 Å². The van der Waals surface area contributed by atoms with Gasteiger partial charge in [0.2, 0.25) is 6.79 Å². The van der Waals surface area contributed by atoms with E-state index in [9.17, 15) is 0 Å². The number of pyridine rings is 1. The number of rotatable bonds is 3. The average Bonchev–Trinajstić information content (AvgIpc) is 4.04. The maximum absolute atomic E-state index is 5.27. The highest BCUT2D eigenvalue weighted by Crippen LogP contribution is 2.34. The lowest BCUT2D eigenvalue weighted by atomic mass is 9.86. The number of nitrogens with zero attached hydrogens (tertiary/aromatic N) is 2. The Balaban J connectivity index is 0.000000182. The molecule has 1 N–H and O–H groups in total. The molecule has 1 aliphatic rings. The minimum atomic E-state index is 0. The van der Waals surface area contributed by atoms with Gasteiger partial charge in [-0.3, -0.25) is 4.98 Å². The van der Waals surface area contributed by atoms with E-state index in [1.54, 1.807) is 0 Å². The quantitative estimate of drug-likeness (QED) is 0.192. The van der Waals surface area contributed by atoms with Crippen molar-refractivity contribution < 1.29 is 9.47 Å². The van der Waals surface area contributed by atoms with Crippen LogP contribution in [-0.2, 0) is 17.9 Å². The molecule has 354 valence electrons. The van der Waals surface area contributed by atoms with Crippen LogP contribution >= 0.6 is 0 Å². The summed E-state index contributed by atoms with van der Waals surface area (Å²) in [6.45, 7) is 27.0. The zero-order chi connectivity index (χ0) is 46.9. The molecule has 3 aromatic heterocycles. The Morgan fingerprint density at radius 1 is 0.537 bits per heavy atom. The Morgan fingerprint density at radius 3 is 1.76 bits per heavy atom. The third kappa shape index (κ3) is 13.9. The molecule has 5 nitrogen and oxygen atoms in total. The molecule has 1 aliphatic heterocycles. The first kappa shape index (κ1) is 53.3. The monoisotopic (exact) mass is 898 g/mol. The topological polar surface area (TPSA) is 52.1 Å². The molecule has 0 fully saturated rings. The summed E-state index contributed by atoms with van der Waals surface area (Å²) in [6, 6.07) is 48.8. The summed E-state index contributed by atoms with van der Waals surface area (Å²) in [7, 11) is 2.11. The molecule has 6 aromatic carbocycles. The molecule has 0 saturated heterocycles. The predicted molar refractivity (Wildman–Crippen MR) is 293 cm³/mol. The van der Waals surface area contributed by atoms with Gasteiger partial charge in [-0.05, 0) is 104 Å². The molecular weight excluding hydrogens is 819 g/mol. The van der Waals surface area contributed by atoms with Gasteiger partial charge in [0.1, 0.15) is 0 Å². The molecule has 0 aliphatic carbocycles. The van der Waals surface area contributed by atoms with Crippen LogP contribution in [0.5, 0.6) is 11.5 Å². The number of para-hydroxylation sites is 3. The second-order valence-corrected chi connectivity index (χ2v) is 20.1. The van der Waals surface area contributed by atoms with Crippen molar-refractivity contribution in [1.82, 2.24) is 14.5 Å². The third-order valence-electron chi connectivity index (χ3n) is 11.9. The molecule has 0 saturated carbocycles. The summed E-state index contributed by atoms with van der Waals surface area (Å²) in [5, 5.41) is 6.62. The molecular formula is C62H79N3O2. The molecule has 9 aromatic rings. The number of H-pyrrole nitrogens is 1. The molecule has 0 bridgehead atoms. The summed E-state index contributed by atoms with van der Waals surface area (Å²) >= 11 is 0. The van der Waals surface area contributed by atoms with Crippen LogP contribution in [0.15, 0.2) is 158 Å². The van der Waals surface area contributed by atoms with Crippen molar-refractivity contribution in [2.45, 2.75) is 127 Å². The lowest BCUT2D eigenvalue weighted by Gasteiger charge is -2.19. The molecule has 0 atom stereocenters. The highest BCUT2D eigenvalue weighted by atomic mass is 16.7. The van der Waals surface area contributed by atoms with E-state index < -0.39 is 0 Å². The SMILES string of the molecule is C.C.CC(C)(C)c1ccc2ccccc2c1.CC(C)(C)c1cnc2ccccc2c1.CC(C)c1c[nH]c2ccccc12.CC(C)c1ccc2c(c1)OCO2.CC(C)c1cn(C)c2ccccc12. The number of hydrogen-bond acceptors (Lipinski definition) is 3. The lowest BCUT2D eigenvalue weighted by molar-refractivity contribution is 0.174. The molecule has 0 amide bonds. The van der Waals surface area contributed by atoms with Gasteiger partial charge in [0.25, 0.3) is 0 Å². The van der Waals surface area contributed by atoms with Crippen LogP contribution in [0.2, 0.25) is 0 Å². The summed E-state index contributed by atoms with van der Waals surface area (Å²) in [6.07, 6.45) is 6.31. The second kappa shape index (κ2) is 23.4. The standard InChI is InChI=1S/C14H16.C13H15N.C12H15N.C11H13N.C10H12O2.2CH4/c1-14(2,3)13-9-8-11-6-4-5-7-12(11)10-13;1-13(2,3)11-8-10-6-4-5-7-12(10)14-9-11;1-9(2)11-8-13(3)12-7-5-4-6-10(11)12;1-8(2)10-7-12-11-6-4-3-5-9(10)11;1-7(2)8-3-4-9-10(5-8)12-6-11-9;;/h4-10H,1-3H3;4-9H,1-3H3;4-9H,1-3H3;3-8,12H,1-2H3;3-5,7H,6H2,1-2H3;2*1H4. The van der Waals surface area contributed by atoms with Gasteiger partial charge in [0, 0.05) is 52.8 Å². The minimum absolute atomic E-state index is 0. The Kier molecular flexibility index (Phi) is 18.6. The summed E-state index contributed by atoms with van der Waals surface area (Å²) in [4.78, 5) is 7.72. The average molecular weight is 898 g/mol. The lowest BCUT2D eigenvalue weighted by Crippen LogP contribution is -2.11. The maximum atomic E-state index is 5.27. The number of fused-ring (bicyclic) bond motifs is 5. The highest BCUT2D eigenvalue weighted by molar-refractivity contribution is 5.85. The van der Waals surface area contributed by atoms with Crippen LogP contribution < -0.4 is 9.47 Å². The van der Waals surface area contributed by atoms with Crippen molar-refractivity contribution in [3.8, 4) is 11.5 Å². The predicted octanol–water partition coefficient (Wildman–Crippen LogP) is 18.1. The van der Waals surface area contributed by atoms with E-state index in [4.69, 9.17) is 9.47 Å². The minimum Gasteiger partial charge on any atom is -0.454 e. The molecule has 5 heteroatoms. The Hall–Kier alpha value is -6.33. The van der Waals surface area contributed by atoms with Crippen LogP contribution in [0.1, 0.15) is 144 Å². The van der Waals surface area contributed by atoms with Gasteiger partial charge in [-0.2, -0.15) is 0 Å². The van der Waals surface area contributed by atoms with Crippen molar-refractivity contribution in [2.24, 2.45) is 7.05 Å². The van der Waals surface area contributed by atoms with Gasteiger partial charge in [-0.1, -0.05) is 201 Å². The molecule has 10 rings (SSSR count). The molecule has 0 spiro atoms. The van der Waals surface area contributed by atoms with Gasteiger partial charge in [-0.25, -0.2) is 0 Å². The van der Waals surface area contributed by atoms with E-state index in [0.717, 1.165) is 17.0 Å². The first-order valence-corrected chi connectivity index (χ1v) is 23.2. The van der Waals surface area contributed by atoms with Gasteiger partial charge < -0.3 is 19.0 Å². The first-order chi connectivity index (χ1) is 30.9. The smallest absolute Gasteiger partial charge is 0.231 e. The van der Waals surface area contributed by atoms with Crippen molar-refractivity contribution in [3.05, 3.63) is 186 Å². The van der Waals surface area contributed by atoms with Gasteiger partial charge in [0.15, 0.2) is 11.5 Å². The van der Waals surface area contributed by atoms with Gasteiger partial charge in [-0.15, -0.1) is 0 Å². The van der Waals surface area contributed by atoms with E-state index in [0.29, 0.717) is 24.5 Å². The number of benzene rings is 6. The van der Waals surface area contributed by atoms with Crippen LogP contribution in [0, 0.1) is 0 Å². The number of hydrogen-bond donors (Lipinski definition) is 1. The zero-order valence-corrected chi connectivity index (χ0v) is 41.2. The Morgan fingerprint density at radius 2 is 1.10 bits per heavy atom. The van der Waals surface area contributed by atoms with Crippen molar-refractivity contribution in [2.75, 3.05) is 6.79 Å². The van der Waals surface area contributed by atoms with E-state index in [-0.39, 0.29) is 25.7 Å². The third-order valence-corrected chi connectivity index (χ3v) is 11.9. The number of aromatic amines is 1. The highest BCUT2D eigenvalue weighted by Gasteiger charge is 2.16. The maximum Gasteiger partial charge on any atom is 0.231 e. The van der Waals surface area contributed by atoms with E-state index in [2.05, 4.69) is 232 Å². The Bertz CT molecular complexity index is 2850. The fourth-order valence-corrected chi connectivity index (χ4v) is 7.81. The number of aryl methyl sites for hydroxylation is 1. The molecule has 4 heterocycles. The first-order valence-electron chi connectivity index (χ1n) is 23.2. The van der Waals surface area contributed by atoms with Gasteiger partial charge in [0.05, 0.1) is 5.52 Å². The normalized spacial score (nSPS) is 11.7. The van der Waals surface area contributed by atoms with Crippen LogP contribution in [-0.4, -0.2) is 21.3 Å². The summed E-state index contributed by atoms with van der Waals surface area (Å²) in [5.41, 5.74) is 10.9. The zero-order valence-electron chi connectivity index (χ0n) is 41.2. The number of aromatic nitrogens is 3. The van der Waals surface area contributed by atoms with Crippen molar-refractivity contribution in [1.29, 1.82) is 0 Å². The number of ether oxygens (including phenoxy) is 2. The van der Waals surface area contributed by atoms with Crippen LogP contribution in [0.3, 0.4) is 0 Å². The molecule has 0 radical (unpaired) electrons. The summed E-state index contributed by atoms with van der Waals surface area (Å²) in [5.74, 6) is 3.48. The van der Waals surface area contributed by atoms with E-state index in [1.807, 2.05) is 30.5 Å². The van der Waals surface area contributed by atoms with E-state index in [1.165, 1.54) is 65.8 Å². The fraction of sp³-hybridized carbons (Fsp3) is 0.339.